The van der Waals surface area contributed by atoms with Crippen molar-refractivity contribution in [1.29, 1.82) is 0 Å². The van der Waals surface area contributed by atoms with Crippen LogP contribution in [0.25, 0.3) is 0 Å². The summed E-state index contributed by atoms with van der Waals surface area (Å²) in [7, 11) is 0. The molecule has 3 aromatic carbocycles. The molecule has 0 radical (unpaired) electrons. The Balaban J connectivity index is 1.44. The number of furan rings is 1. The summed E-state index contributed by atoms with van der Waals surface area (Å²) in [5, 5.41) is 5.70. The number of para-hydroxylation sites is 1. The van der Waals surface area contributed by atoms with Crippen LogP contribution < -0.4 is 10.6 Å². The van der Waals surface area contributed by atoms with Gasteiger partial charge in [0.15, 0.2) is 5.76 Å². The molecule has 1 aromatic heterocycles. The van der Waals surface area contributed by atoms with Crippen molar-refractivity contribution in [3.8, 4) is 0 Å². The second-order valence-electron chi connectivity index (χ2n) is 6.37. The summed E-state index contributed by atoms with van der Waals surface area (Å²) < 4.78 is 5.07. The van der Waals surface area contributed by atoms with Crippen molar-refractivity contribution in [1.82, 2.24) is 0 Å². The van der Waals surface area contributed by atoms with E-state index in [9.17, 15) is 9.59 Å². The summed E-state index contributed by atoms with van der Waals surface area (Å²) >= 11 is 1.59. The molecule has 0 atom stereocenters. The molecule has 0 aliphatic heterocycles. The normalized spacial score (nSPS) is 10.4. The van der Waals surface area contributed by atoms with Gasteiger partial charge in [-0.15, -0.1) is 0 Å². The molecule has 0 saturated carbocycles. The fourth-order valence-electron chi connectivity index (χ4n) is 2.77. The van der Waals surface area contributed by atoms with E-state index in [-0.39, 0.29) is 17.6 Å². The van der Waals surface area contributed by atoms with Crippen LogP contribution in [0, 0.1) is 0 Å². The monoisotopic (exact) mass is 414 g/mol. The van der Waals surface area contributed by atoms with Gasteiger partial charge in [0, 0.05) is 21.0 Å². The van der Waals surface area contributed by atoms with Crippen molar-refractivity contribution in [2.45, 2.75) is 9.79 Å². The van der Waals surface area contributed by atoms with Crippen LogP contribution in [-0.4, -0.2) is 11.8 Å². The highest BCUT2D eigenvalue weighted by Gasteiger charge is 2.12. The molecule has 0 spiro atoms. The molecule has 0 aliphatic rings. The van der Waals surface area contributed by atoms with E-state index in [1.807, 2.05) is 54.6 Å². The van der Waals surface area contributed by atoms with Gasteiger partial charge in [-0.1, -0.05) is 42.1 Å². The van der Waals surface area contributed by atoms with Crippen LogP contribution in [0.5, 0.6) is 0 Å². The lowest BCUT2D eigenvalue weighted by atomic mass is 10.2. The van der Waals surface area contributed by atoms with Crippen molar-refractivity contribution in [2.75, 3.05) is 10.6 Å². The Labute approximate surface area is 178 Å². The topological polar surface area (TPSA) is 71.3 Å². The third-order valence-corrected chi connectivity index (χ3v) is 5.34. The summed E-state index contributed by atoms with van der Waals surface area (Å²) in [5.41, 5.74) is 1.81. The molecule has 30 heavy (non-hydrogen) atoms. The van der Waals surface area contributed by atoms with Crippen LogP contribution in [0.4, 0.5) is 11.4 Å². The first kappa shape index (κ1) is 19.5. The minimum atomic E-state index is -0.343. The van der Waals surface area contributed by atoms with Gasteiger partial charge in [0.1, 0.15) is 0 Å². The van der Waals surface area contributed by atoms with Gasteiger partial charge in [0.05, 0.1) is 12.0 Å². The van der Waals surface area contributed by atoms with E-state index in [1.165, 1.54) is 6.26 Å². The molecule has 2 N–H and O–H groups in total. The minimum absolute atomic E-state index is 0.222. The van der Waals surface area contributed by atoms with Crippen molar-refractivity contribution in [2.24, 2.45) is 0 Å². The van der Waals surface area contributed by atoms with Gasteiger partial charge < -0.3 is 15.1 Å². The van der Waals surface area contributed by atoms with Gasteiger partial charge in [-0.05, 0) is 60.7 Å². The third-order valence-electron chi connectivity index (χ3n) is 4.26. The number of rotatable bonds is 6. The largest absolute Gasteiger partial charge is 0.459 e. The van der Waals surface area contributed by atoms with E-state index < -0.39 is 0 Å². The molecule has 6 heteroatoms. The molecule has 0 unspecified atom stereocenters. The highest BCUT2D eigenvalue weighted by molar-refractivity contribution is 7.99. The second-order valence-corrected chi connectivity index (χ2v) is 7.49. The summed E-state index contributed by atoms with van der Waals surface area (Å²) in [6.45, 7) is 0. The van der Waals surface area contributed by atoms with Crippen LogP contribution in [0.1, 0.15) is 20.9 Å². The first-order valence-corrected chi connectivity index (χ1v) is 10.1. The Morgan fingerprint density at radius 1 is 0.700 bits per heavy atom. The van der Waals surface area contributed by atoms with Crippen LogP contribution in [-0.2, 0) is 0 Å². The van der Waals surface area contributed by atoms with E-state index in [0.29, 0.717) is 11.3 Å². The first-order valence-electron chi connectivity index (χ1n) is 9.27. The van der Waals surface area contributed by atoms with Crippen LogP contribution >= 0.6 is 11.8 Å². The third kappa shape index (κ3) is 4.79. The molecule has 4 rings (SSSR count). The van der Waals surface area contributed by atoms with Gasteiger partial charge in [-0.2, -0.15) is 0 Å². The Morgan fingerprint density at radius 3 is 2.17 bits per heavy atom. The molecule has 5 nitrogen and oxygen atoms in total. The number of hydrogen-bond acceptors (Lipinski definition) is 4. The molecule has 1 heterocycles. The summed E-state index contributed by atoms with van der Waals surface area (Å²) in [6, 6.07) is 27.6. The smallest absolute Gasteiger partial charge is 0.291 e. The fourth-order valence-corrected chi connectivity index (χ4v) is 3.70. The van der Waals surface area contributed by atoms with Gasteiger partial charge >= 0.3 is 0 Å². The highest BCUT2D eigenvalue weighted by Crippen LogP contribution is 2.33. The van der Waals surface area contributed by atoms with Crippen molar-refractivity contribution < 1.29 is 14.0 Å². The number of carbonyl (C=O) groups is 2. The van der Waals surface area contributed by atoms with Gasteiger partial charge in [0.2, 0.25) is 0 Å². The lowest BCUT2D eigenvalue weighted by Crippen LogP contribution is -2.13. The zero-order valence-corrected chi connectivity index (χ0v) is 16.7. The first-order chi connectivity index (χ1) is 14.7. The quantitative estimate of drug-likeness (QED) is 0.410. The molecule has 0 fully saturated rings. The Kier molecular flexibility index (Phi) is 5.96. The summed E-state index contributed by atoms with van der Waals surface area (Å²) in [5.74, 6) is -0.339. The Hall–Kier alpha value is -3.77. The SMILES string of the molecule is O=C(Nc1ccccc1Sc1ccccc1)c1ccc(NC(=O)c2ccco2)cc1. The molecular weight excluding hydrogens is 396 g/mol. The van der Waals surface area contributed by atoms with Gasteiger partial charge in [0.25, 0.3) is 11.8 Å². The number of nitrogens with one attached hydrogen (secondary N) is 2. The maximum atomic E-state index is 12.7. The highest BCUT2D eigenvalue weighted by atomic mass is 32.2. The van der Waals surface area contributed by atoms with Gasteiger partial charge in [-0.3, -0.25) is 9.59 Å². The van der Waals surface area contributed by atoms with E-state index in [1.54, 1.807) is 48.2 Å². The maximum absolute atomic E-state index is 12.7. The zero-order valence-electron chi connectivity index (χ0n) is 15.9. The lowest BCUT2D eigenvalue weighted by Gasteiger charge is -2.11. The van der Waals surface area contributed by atoms with E-state index in [2.05, 4.69) is 10.6 Å². The molecule has 0 saturated heterocycles. The minimum Gasteiger partial charge on any atom is -0.459 e. The number of carbonyl (C=O) groups excluding carboxylic acids is 2. The van der Waals surface area contributed by atoms with E-state index in [4.69, 9.17) is 4.42 Å². The molecular formula is C24H18N2O3S. The van der Waals surface area contributed by atoms with Crippen molar-refractivity contribution in [3.05, 3.63) is 109 Å². The van der Waals surface area contributed by atoms with E-state index >= 15 is 0 Å². The molecule has 0 aliphatic carbocycles. The molecule has 148 valence electrons. The number of anilines is 2. The molecule has 2 amide bonds. The summed E-state index contributed by atoms with van der Waals surface area (Å²) in [6.07, 6.45) is 1.44. The van der Waals surface area contributed by atoms with Crippen LogP contribution in [0.3, 0.4) is 0 Å². The molecule has 4 aromatic rings. The van der Waals surface area contributed by atoms with Gasteiger partial charge in [-0.25, -0.2) is 0 Å². The number of amides is 2. The van der Waals surface area contributed by atoms with Crippen LogP contribution in [0.15, 0.2) is 111 Å². The second kappa shape index (κ2) is 9.15. The van der Waals surface area contributed by atoms with Crippen molar-refractivity contribution >= 4 is 35.0 Å². The Morgan fingerprint density at radius 2 is 1.43 bits per heavy atom. The summed E-state index contributed by atoms with van der Waals surface area (Å²) in [4.78, 5) is 26.8. The van der Waals surface area contributed by atoms with Crippen molar-refractivity contribution in [3.63, 3.8) is 0 Å². The number of hydrogen-bond donors (Lipinski definition) is 2. The maximum Gasteiger partial charge on any atom is 0.291 e. The lowest BCUT2D eigenvalue weighted by molar-refractivity contribution is 0.0995. The zero-order chi connectivity index (χ0) is 20.8. The number of benzene rings is 3. The van der Waals surface area contributed by atoms with E-state index in [0.717, 1.165) is 15.5 Å². The average Bonchev–Trinajstić information content (AvgIpc) is 3.31. The van der Waals surface area contributed by atoms with Crippen LogP contribution in [0.2, 0.25) is 0 Å². The Bertz CT molecular complexity index is 1140. The average molecular weight is 414 g/mol. The predicted molar refractivity (Wildman–Crippen MR) is 118 cm³/mol. The standard InChI is InChI=1S/C24H18N2O3S/c27-23(17-12-14-18(15-13-17)25-24(28)21-10-6-16-29-21)26-20-9-4-5-11-22(20)30-19-7-2-1-3-8-19/h1-16H,(H,25,28)(H,26,27). The predicted octanol–water partition coefficient (Wildman–Crippen LogP) is 5.94. The fraction of sp³-hybridized carbons (Fsp3) is 0. The molecule has 0 bridgehead atoms.